The number of rotatable bonds is 29. The van der Waals surface area contributed by atoms with Crippen LogP contribution in [-0.2, 0) is 43.0 Å². The van der Waals surface area contributed by atoms with Gasteiger partial charge in [-0.05, 0) is 61.2 Å². The highest BCUT2D eigenvalue weighted by atomic mass is 32.2. The largest absolute Gasteiger partial charge is 0.388 e. The Morgan fingerprint density at radius 2 is 1.49 bits per heavy atom. The lowest BCUT2D eigenvalue weighted by Gasteiger charge is -2.41. The summed E-state index contributed by atoms with van der Waals surface area (Å²) < 4.78 is 12.1. The number of imide groups is 1. The van der Waals surface area contributed by atoms with Crippen molar-refractivity contribution in [3.8, 4) is 0 Å². The number of unbranched alkanes of at least 4 members (excludes halogenated alkanes) is 2. The molecule has 5 amide bonds. The van der Waals surface area contributed by atoms with Gasteiger partial charge in [-0.3, -0.25) is 38.5 Å². The monoisotopic (exact) mass is 957 g/mol. The zero-order valence-corrected chi connectivity index (χ0v) is 43.7. The van der Waals surface area contributed by atoms with E-state index in [2.05, 4.69) is 0 Å². The van der Waals surface area contributed by atoms with Crippen LogP contribution in [0.3, 0.4) is 0 Å². The first-order valence-corrected chi connectivity index (χ1v) is 26.0. The molecule has 14 nitrogen and oxygen atoms in total. The van der Waals surface area contributed by atoms with Gasteiger partial charge in [-0.25, -0.2) is 0 Å². The molecule has 0 saturated carbocycles. The lowest BCUT2D eigenvalue weighted by molar-refractivity contribution is -0.149. The first-order valence-electron chi connectivity index (χ1n) is 24.7. The van der Waals surface area contributed by atoms with E-state index in [9.17, 15) is 38.7 Å². The summed E-state index contributed by atoms with van der Waals surface area (Å²) in [7, 11) is 6.49. The van der Waals surface area contributed by atoms with Crippen LogP contribution in [-0.4, -0.2) is 149 Å². The standard InChI is InChI=1S/C52H84N4O10S/c1-14-34(6)48(42(65-11)30-45(60)55-27-21-24-39(55)50(66-12)36(8)40(57)28-35(7)49(62)37-22-17-15-18-23-37)54(10)51(63)38(32(2)3)29-41(58)47(33(4)5)53(9)44(59)25-19-16-20-26-56-46(61)31-43(67-13)52(56)64/h15,17-18,22-23,32-36,38-39,42-43,47-50,62H,14,16,19-21,24-31H2,1-13H3/t34-,35-,36-,38-,39-,42+,43?,47-,48-,49+,50+/m0/s1. The highest BCUT2D eigenvalue weighted by Crippen LogP contribution is 2.33. The zero-order valence-electron chi connectivity index (χ0n) is 42.9. The number of aliphatic hydroxyl groups is 1. The summed E-state index contributed by atoms with van der Waals surface area (Å²) in [6, 6.07) is 7.71. The molecule has 1 aromatic rings. The van der Waals surface area contributed by atoms with Gasteiger partial charge in [0.2, 0.25) is 29.5 Å². The highest BCUT2D eigenvalue weighted by molar-refractivity contribution is 8.00. The van der Waals surface area contributed by atoms with E-state index in [0.29, 0.717) is 45.2 Å². The summed E-state index contributed by atoms with van der Waals surface area (Å²) in [4.78, 5) is 102. The number of amides is 5. The van der Waals surface area contributed by atoms with Crippen LogP contribution in [0.4, 0.5) is 0 Å². The SMILES string of the molecule is CC[C@H](C)[C@@H]([C@@H](CC(=O)N1CCC[C@H]1[C@H](OC)[C@@H](C)C(=O)C[C@H](C)[C@@H](O)c1ccccc1)OC)N(C)C(=O)[C@@H](CC(=O)[C@H](C(C)C)N(C)C(=O)CCCCCN1C(=O)CC(SC)C1=O)C(C)C. The van der Waals surface area contributed by atoms with E-state index in [1.54, 1.807) is 38.1 Å². The average Bonchev–Trinajstić information content (AvgIpc) is 3.90. The smallest absolute Gasteiger partial charge is 0.242 e. The summed E-state index contributed by atoms with van der Waals surface area (Å²) in [6.07, 6.45) is 4.26. The maximum atomic E-state index is 14.7. The molecule has 2 saturated heterocycles. The quantitative estimate of drug-likeness (QED) is 0.0648. The molecule has 2 aliphatic rings. The number of carbonyl (C=O) groups excluding carboxylic acids is 7. The summed E-state index contributed by atoms with van der Waals surface area (Å²) in [5, 5.41) is 10.6. The minimum Gasteiger partial charge on any atom is -0.388 e. The number of likely N-dealkylation sites (N-methyl/N-ethyl adjacent to an activating group) is 2. The molecular formula is C52H84N4O10S. The van der Waals surface area contributed by atoms with Crippen molar-refractivity contribution in [2.75, 3.05) is 47.7 Å². The van der Waals surface area contributed by atoms with E-state index in [-0.39, 0.29) is 108 Å². The number of nitrogens with zero attached hydrogens (tertiary/aromatic N) is 4. The average molecular weight is 957 g/mol. The van der Waals surface area contributed by atoms with E-state index < -0.39 is 42.2 Å². The molecule has 0 spiro atoms. The summed E-state index contributed by atoms with van der Waals surface area (Å²) in [5.41, 5.74) is 0.755. The van der Waals surface area contributed by atoms with Crippen molar-refractivity contribution in [3.63, 3.8) is 0 Å². The van der Waals surface area contributed by atoms with Crippen molar-refractivity contribution < 1.29 is 48.1 Å². The van der Waals surface area contributed by atoms with Crippen molar-refractivity contribution in [1.82, 2.24) is 19.6 Å². The van der Waals surface area contributed by atoms with Crippen LogP contribution < -0.4 is 0 Å². The number of benzene rings is 1. The first kappa shape index (κ1) is 57.7. The predicted molar refractivity (Wildman–Crippen MR) is 263 cm³/mol. The fourth-order valence-corrected chi connectivity index (χ4v) is 10.9. The lowest BCUT2D eigenvalue weighted by Crippen LogP contribution is -2.54. The number of hydrogen-bond acceptors (Lipinski definition) is 11. The van der Waals surface area contributed by atoms with Crippen molar-refractivity contribution in [2.45, 2.75) is 168 Å². The van der Waals surface area contributed by atoms with E-state index in [1.165, 1.54) is 21.6 Å². The van der Waals surface area contributed by atoms with E-state index in [4.69, 9.17) is 9.47 Å². The van der Waals surface area contributed by atoms with Crippen molar-refractivity contribution in [1.29, 1.82) is 0 Å². The van der Waals surface area contributed by atoms with Crippen molar-refractivity contribution >= 4 is 52.9 Å². The van der Waals surface area contributed by atoms with Crippen LogP contribution in [0.5, 0.6) is 0 Å². The Hall–Kier alpha value is -3.66. The second-order valence-corrected chi connectivity index (χ2v) is 21.0. The molecule has 0 aliphatic carbocycles. The molecule has 1 unspecified atom stereocenters. The van der Waals surface area contributed by atoms with Crippen LogP contribution >= 0.6 is 11.8 Å². The molecule has 2 heterocycles. The van der Waals surface area contributed by atoms with Crippen molar-refractivity contribution in [3.05, 3.63) is 35.9 Å². The van der Waals surface area contributed by atoms with E-state index in [1.807, 2.05) is 92.0 Å². The van der Waals surface area contributed by atoms with Gasteiger partial charge >= 0.3 is 0 Å². The van der Waals surface area contributed by atoms with Gasteiger partial charge in [0.05, 0.1) is 48.1 Å². The molecule has 378 valence electrons. The summed E-state index contributed by atoms with van der Waals surface area (Å²) >= 11 is 1.38. The molecule has 0 bridgehead atoms. The molecule has 0 aromatic heterocycles. The Labute approximate surface area is 406 Å². The van der Waals surface area contributed by atoms with E-state index in [0.717, 1.165) is 12.0 Å². The second-order valence-electron chi connectivity index (χ2n) is 19.9. The molecule has 3 rings (SSSR count). The number of likely N-dealkylation sites (tertiary alicyclic amines) is 2. The third kappa shape index (κ3) is 15.2. The van der Waals surface area contributed by atoms with Gasteiger partial charge in [0.25, 0.3) is 0 Å². The lowest BCUT2D eigenvalue weighted by atomic mass is 9.83. The molecule has 0 radical (unpaired) electrons. The van der Waals surface area contributed by atoms with Gasteiger partial charge in [-0.1, -0.05) is 98.6 Å². The molecule has 1 aromatic carbocycles. The predicted octanol–water partition coefficient (Wildman–Crippen LogP) is 7.00. The number of Topliss-reactive ketones (excluding diaryl/α,β-unsaturated/α-hetero) is 2. The van der Waals surface area contributed by atoms with Gasteiger partial charge in [0.15, 0.2) is 5.78 Å². The molecule has 11 atom stereocenters. The number of ketones is 2. The number of aliphatic hydroxyl groups excluding tert-OH is 1. The Kier molecular flexibility index (Phi) is 23.7. The third-order valence-electron chi connectivity index (χ3n) is 14.6. The molecule has 67 heavy (non-hydrogen) atoms. The topological polar surface area (TPSA) is 171 Å². The van der Waals surface area contributed by atoms with Crippen LogP contribution in [0.25, 0.3) is 0 Å². The highest BCUT2D eigenvalue weighted by Gasteiger charge is 2.44. The normalized spacial score (nSPS) is 20.6. The second kappa shape index (κ2) is 27.5. The molecular weight excluding hydrogens is 873 g/mol. The summed E-state index contributed by atoms with van der Waals surface area (Å²) in [6.45, 7) is 16.2. The van der Waals surface area contributed by atoms with Crippen LogP contribution in [0, 0.1) is 35.5 Å². The van der Waals surface area contributed by atoms with Crippen LogP contribution in [0.15, 0.2) is 30.3 Å². The molecule has 2 fully saturated rings. The maximum Gasteiger partial charge on any atom is 0.242 e. The van der Waals surface area contributed by atoms with Crippen LogP contribution in [0.1, 0.15) is 138 Å². The molecule has 1 N–H and O–H groups in total. The third-order valence-corrected chi connectivity index (χ3v) is 15.6. The molecule has 15 heteroatoms. The Morgan fingerprint density at radius 1 is 0.836 bits per heavy atom. The fraction of sp³-hybridized carbons (Fsp3) is 0.750. The number of hydrogen-bond donors (Lipinski definition) is 1. The number of thioether (sulfide) groups is 1. The van der Waals surface area contributed by atoms with Gasteiger partial charge < -0.3 is 29.3 Å². The van der Waals surface area contributed by atoms with Gasteiger partial charge in [-0.2, -0.15) is 11.8 Å². The fourth-order valence-electron chi connectivity index (χ4n) is 10.3. The van der Waals surface area contributed by atoms with Gasteiger partial charge in [-0.15, -0.1) is 0 Å². The van der Waals surface area contributed by atoms with E-state index >= 15 is 0 Å². The van der Waals surface area contributed by atoms with Crippen molar-refractivity contribution in [2.24, 2.45) is 35.5 Å². The Balaban J connectivity index is 1.69. The minimum absolute atomic E-state index is 0.000711. The first-order chi connectivity index (χ1) is 31.7. The molecule has 2 aliphatic heterocycles. The minimum atomic E-state index is -0.792. The number of methoxy groups -OCH3 is 2. The zero-order chi connectivity index (χ0) is 50.3. The van der Waals surface area contributed by atoms with Crippen LogP contribution in [0.2, 0.25) is 0 Å². The number of carbonyl (C=O) groups is 7. The Morgan fingerprint density at radius 3 is 2.04 bits per heavy atom. The summed E-state index contributed by atoms with van der Waals surface area (Å²) in [5.74, 6) is -3.11. The maximum absolute atomic E-state index is 14.7. The Bertz CT molecular complexity index is 1800. The number of ether oxygens (including phenoxy) is 2. The van der Waals surface area contributed by atoms with Gasteiger partial charge in [0, 0.05) is 78.9 Å². The van der Waals surface area contributed by atoms with Gasteiger partial charge in [0.1, 0.15) is 5.78 Å².